The lowest BCUT2D eigenvalue weighted by molar-refractivity contribution is -0.105. The van der Waals surface area contributed by atoms with Crippen LogP contribution in [-0.4, -0.2) is 21.5 Å². The second-order valence-electron chi connectivity index (χ2n) is 2.62. The van der Waals surface area contributed by atoms with Gasteiger partial charge in [-0.15, -0.1) is 0 Å². The molecule has 1 aliphatic rings. The third-order valence-electron chi connectivity index (χ3n) is 1.91. The number of aldehydes is 1. The quantitative estimate of drug-likeness (QED) is 0.574. The Labute approximate surface area is 63.5 Å². The van der Waals surface area contributed by atoms with E-state index in [1.807, 2.05) is 0 Å². The summed E-state index contributed by atoms with van der Waals surface area (Å²) in [5.74, 6) is 0.241. The highest BCUT2D eigenvalue weighted by Gasteiger charge is 2.20. The predicted octanol–water partition coefficient (Wildman–Crippen LogP) is 0.877. The Morgan fingerprint density at radius 3 is 2.50 bits per heavy atom. The molecule has 0 aliphatic heterocycles. The molecule has 1 fully saturated rings. The molecule has 0 bridgehead atoms. The van der Waals surface area contributed by atoms with Crippen molar-refractivity contribution in [3.8, 4) is 0 Å². The van der Waals surface area contributed by atoms with Crippen molar-refractivity contribution >= 4 is 17.1 Å². The molecule has 0 saturated heterocycles. The van der Waals surface area contributed by atoms with Crippen LogP contribution in [0.3, 0.4) is 0 Å². The number of hydrogen-bond donors (Lipinski definition) is 0. The van der Waals surface area contributed by atoms with Gasteiger partial charge in [0.25, 0.3) is 0 Å². The van der Waals surface area contributed by atoms with E-state index in [1.54, 1.807) is 0 Å². The summed E-state index contributed by atoms with van der Waals surface area (Å²) in [6, 6.07) is 0. The molecular weight excluding hydrogens is 148 g/mol. The van der Waals surface area contributed by atoms with E-state index in [-0.39, 0.29) is 5.75 Å². The van der Waals surface area contributed by atoms with Gasteiger partial charge in [-0.05, 0) is 12.8 Å². The molecule has 0 N–H and O–H groups in total. The van der Waals surface area contributed by atoms with Crippen LogP contribution in [0, 0.1) is 0 Å². The molecule has 58 valence electrons. The van der Waals surface area contributed by atoms with Crippen molar-refractivity contribution in [2.75, 3.05) is 5.75 Å². The van der Waals surface area contributed by atoms with E-state index in [9.17, 15) is 9.00 Å². The standard InChI is InChI=1S/C7H12O2S/c8-5-6-10(9)7-3-1-2-4-7/h5,7H,1-4,6H2. The van der Waals surface area contributed by atoms with Crippen LogP contribution in [0.15, 0.2) is 0 Å². The molecule has 1 rings (SSSR count). The highest BCUT2D eigenvalue weighted by atomic mass is 32.2. The topological polar surface area (TPSA) is 34.1 Å². The Morgan fingerprint density at radius 1 is 1.40 bits per heavy atom. The molecule has 10 heavy (non-hydrogen) atoms. The number of carbonyl (C=O) groups is 1. The summed E-state index contributed by atoms with van der Waals surface area (Å²) in [6.45, 7) is 0. The molecule has 0 amide bonds. The van der Waals surface area contributed by atoms with Crippen LogP contribution in [0.1, 0.15) is 25.7 Å². The van der Waals surface area contributed by atoms with Gasteiger partial charge in [-0.1, -0.05) is 12.8 Å². The zero-order chi connectivity index (χ0) is 7.40. The third kappa shape index (κ3) is 1.90. The summed E-state index contributed by atoms with van der Waals surface area (Å²) >= 11 is 0. The van der Waals surface area contributed by atoms with Gasteiger partial charge in [0.15, 0.2) is 0 Å². The fraction of sp³-hybridized carbons (Fsp3) is 0.857. The first-order chi connectivity index (χ1) is 4.84. The maximum atomic E-state index is 11.1. The van der Waals surface area contributed by atoms with Gasteiger partial charge in [-0.25, -0.2) is 0 Å². The molecule has 1 saturated carbocycles. The first-order valence-corrected chi connectivity index (χ1v) is 5.03. The van der Waals surface area contributed by atoms with Gasteiger partial charge in [0.2, 0.25) is 0 Å². The van der Waals surface area contributed by atoms with Crippen LogP contribution in [0.4, 0.5) is 0 Å². The molecule has 0 aromatic heterocycles. The van der Waals surface area contributed by atoms with Crippen LogP contribution in [0.25, 0.3) is 0 Å². The van der Waals surface area contributed by atoms with Crippen LogP contribution in [0.5, 0.6) is 0 Å². The summed E-state index contributed by atoms with van der Waals surface area (Å²) in [5.41, 5.74) is 0. The van der Waals surface area contributed by atoms with Crippen molar-refractivity contribution in [1.29, 1.82) is 0 Å². The zero-order valence-electron chi connectivity index (χ0n) is 5.91. The van der Waals surface area contributed by atoms with Crippen molar-refractivity contribution in [2.24, 2.45) is 0 Å². The maximum absolute atomic E-state index is 11.1. The fourth-order valence-corrected chi connectivity index (χ4v) is 2.62. The first kappa shape index (κ1) is 7.92. The largest absolute Gasteiger partial charge is 0.302 e. The van der Waals surface area contributed by atoms with Gasteiger partial charge in [-0.2, -0.15) is 0 Å². The maximum Gasteiger partial charge on any atom is 0.132 e. The molecule has 1 atom stereocenters. The van der Waals surface area contributed by atoms with Crippen molar-refractivity contribution in [3.05, 3.63) is 0 Å². The molecule has 1 aliphatic carbocycles. The molecule has 0 aromatic carbocycles. The Bertz CT molecular complexity index is 139. The number of rotatable bonds is 3. The lowest BCUT2D eigenvalue weighted by Gasteiger charge is -2.03. The predicted molar refractivity (Wildman–Crippen MR) is 41.3 cm³/mol. The van der Waals surface area contributed by atoms with Crippen LogP contribution in [0.2, 0.25) is 0 Å². The summed E-state index contributed by atoms with van der Waals surface area (Å²) in [5, 5.41) is 0.324. The van der Waals surface area contributed by atoms with Crippen molar-refractivity contribution in [2.45, 2.75) is 30.9 Å². The molecule has 0 radical (unpaired) electrons. The molecular formula is C7H12O2S. The minimum absolute atomic E-state index is 0.241. The molecule has 2 nitrogen and oxygen atoms in total. The normalized spacial score (nSPS) is 22.8. The highest BCUT2D eigenvalue weighted by Crippen LogP contribution is 2.22. The summed E-state index contributed by atoms with van der Waals surface area (Å²) in [6.07, 6.45) is 5.25. The van der Waals surface area contributed by atoms with Crippen LogP contribution >= 0.6 is 0 Å². The Morgan fingerprint density at radius 2 is 2.00 bits per heavy atom. The van der Waals surface area contributed by atoms with E-state index in [2.05, 4.69) is 0 Å². The minimum Gasteiger partial charge on any atom is -0.302 e. The fourth-order valence-electron chi connectivity index (χ4n) is 1.35. The Kier molecular flexibility index (Phi) is 3.06. The van der Waals surface area contributed by atoms with Gasteiger partial charge in [0.05, 0.1) is 5.75 Å². The smallest absolute Gasteiger partial charge is 0.132 e. The van der Waals surface area contributed by atoms with E-state index in [0.717, 1.165) is 19.1 Å². The summed E-state index contributed by atoms with van der Waals surface area (Å²) in [7, 11) is -0.863. The third-order valence-corrected chi connectivity index (χ3v) is 3.59. The minimum atomic E-state index is -0.863. The van der Waals surface area contributed by atoms with Crippen LogP contribution in [-0.2, 0) is 15.6 Å². The lowest BCUT2D eigenvalue weighted by atomic mass is 10.4. The Hall–Kier alpha value is -0.180. The Balaban J connectivity index is 2.32. The van der Waals surface area contributed by atoms with E-state index in [1.165, 1.54) is 12.8 Å². The first-order valence-electron chi connectivity index (χ1n) is 3.65. The molecule has 0 spiro atoms. The van der Waals surface area contributed by atoms with Gasteiger partial charge in [0, 0.05) is 16.0 Å². The second kappa shape index (κ2) is 3.86. The second-order valence-corrected chi connectivity index (χ2v) is 4.38. The monoisotopic (exact) mass is 160 g/mol. The van der Waals surface area contributed by atoms with E-state index in [0.29, 0.717) is 5.25 Å². The number of hydrogen-bond acceptors (Lipinski definition) is 2. The van der Waals surface area contributed by atoms with E-state index >= 15 is 0 Å². The van der Waals surface area contributed by atoms with Gasteiger partial charge in [-0.3, -0.25) is 4.21 Å². The molecule has 0 heterocycles. The SMILES string of the molecule is O=CCS(=O)C1CCCC1. The summed E-state index contributed by atoms with van der Waals surface area (Å²) < 4.78 is 11.1. The number of carbonyl (C=O) groups excluding carboxylic acids is 1. The zero-order valence-corrected chi connectivity index (χ0v) is 6.73. The molecule has 3 heteroatoms. The van der Waals surface area contributed by atoms with Crippen molar-refractivity contribution in [1.82, 2.24) is 0 Å². The van der Waals surface area contributed by atoms with Gasteiger partial charge >= 0.3 is 0 Å². The van der Waals surface area contributed by atoms with Crippen molar-refractivity contribution < 1.29 is 9.00 Å². The van der Waals surface area contributed by atoms with Gasteiger partial charge < -0.3 is 4.79 Å². The molecule has 0 aromatic rings. The van der Waals surface area contributed by atoms with Crippen molar-refractivity contribution in [3.63, 3.8) is 0 Å². The molecule has 1 unspecified atom stereocenters. The average Bonchev–Trinajstić information content (AvgIpc) is 2.38. The van der Waals surface area contributed by atoms with Crippen LogP contribution < -0.4 is 0 Å². The van der Waals surface area contributed by atoms with Gasteiger partial charge in [0.1, 0.15) is 6.29 Å². The summed E-state index contributed by atoms with van der Waals surface area (Å²) in [4.78, 5) is 9.98. The highest BCUT2D eigenvalue weighted by molar-refractivity contribution is 7.86. The van der Waals surface area contributed by atoms with E-state index < -0.39 is 10.8 Å². The lowest BCUT2D eigenvalue weighted by Crippen LogP contribution is -2.13. The van der Waals surface area contributed by atoms with E-state index in [4.69, 9.17) is 0 Å². The average molecular weight is 160 g/mol.